The Kier molecular flexibility index (Phi) is 4.83. The number of hydrogen-bond acceptors (Lipinski definition) is 2. The summed E-state index contributed by atoms with van der Waals surface area (Å²) < 4.78 is 26.3. The van der Waals surface area contributed by atoms with E-state index < -0.39 is 5.82 Å². The topological polar surface area (TPSA) is 38.0 Å². The van der Waals surface area contributed by atoms with Crippen molar-refractivity contribution in [2.45, 2.75) is 32.7 Å². The molecule has 0 aliphatic carbocycles. The number of hydrazine groups is 1. The van der Waals surface area contributed by atoms with Crippen LogP contribution < -0.4 is 11.3 Å². The van der Waals surface area contributed by atoms with E-state index in [0.29, 0.717) is 17.9 Å². The molecule has 0 aromatic heterocycles. The van der Waals surface area contributed by atoms with E-state index in [-0.39, 0.29) is 11.9 Å². The Morgan fingerprint density at radius 3 is 2.56 bits per heavy atom. The molecule has 1 aromatic rings. The van der Waals surface area contributed by atoms with Gasteiger partial charge in [0.25, 0.3) is 0 Å². The molecule has 0 radical (unpaired) electrons. The summed E-state index contributed by atoms with van der Waals surface area (Å²) in [5, 5.41) is 0. The van der Waals surface area contributed by atoms with Gasteiger partial charge in [-0.2, -0.15) is 0 Å². The molecule has 0 bridgehead atoms. The van der Waals surface area contributed by atoms with Crippen molar-refractivity contribution < 1.29 is 8.78 Å². The molecular weight excluding hydrogens is 210 g/mol. The first-order valence-corrected chi connectivity index (χ1v) is 5.43. The molecule has 1 unspecified atom stereocenters. The highest BCUT2D eigenvalue weighted by Crippen LogP contribution is 2.15. The quantitative estimate of drug-likeness (QED) is 0.600. The first kappa shape index (κ1) is 13.1. The van der Waals surface area contributed by atoms with Crippen LogP contribution in [0.2, 0.25) is 0 Å². The van der Waals surface area contributed by atoms with Gasteiger partial charge in [0.15, 0.2) is 0 Å². The molecule has 0 heterocycles. The van der Waals surface area contributed by atoms with Crippen LogP contribution in [-0.4, -0.2) is 6.04 Å². The average molecular weight is 228 g/mol. The minimum absolute atomic E-state index is 0.0312. The third-order valence-corrected chi connectivity index (χ3v) is 2.47. The maximum absolute atomic E-state index is 13.4. The van der Waals surface area contributed by atoms with Crippen LogP contribution in [-0.2, 0) is 6.42 Å². The summed E-state index contributed by atoms with van der Waals surface area (Å²) in [6.07, 6.45) is 1.23. The summed E-state index contributed by atoms with van der Waals surface area (Å²) in [5.74, 6) is 5.04. The molecule has 0 spiro atoms. The Morgan fingerprint density at radius 1 is 1.31 bits per heavy atom. The van der Waals surface area contributed by atoms with E-state index in [2.05, 4.69) is 19.3 Å². The first-order chi connectivity index (χ1) is 7.52. The summed E-state index contributed by atoms with van der Waals surface area (Å²) in [6, 6.07) is 3.45. The summed E-state index contributed by atoms with van der Waals surface area (Å²) in [4.78, 5) is 0. The zero-order chi connectivity index (χ0) is 12.1. The molecule has 3 N–H and O–H groups in total. The van der Waals surface area contributed by atoms with Gasteiger partial charge in [0.1, 0.15) is 11.6 Å². The van der Waals surface area contributed by atoms with E-state index in [1.54, 1.807) is 0 Å². The van der Waals surface area contributed by atoms with E-state index in [1.807, 2.05) is 0 Å². The van der Waals surface area contributed by atoms with Crippen molar-refractivity contribution in [2.24, 2.45) is 11.8 Å². The van der Waals surface area contributed by atoms with Crippen molar-refractivity contribution in [1.82, 2.24) is 5.43 Å². The van der Waals surface area contributed by atoms with E-state index in [4.69, 9.17) is 5.84 Å². The number of benzene rings is 1. The summed E-state index contributed by atoms with van der Waals surface area (Å²) in [5.41, 5.74) is 3.00. The van der Waals surface area contributed by atoms with E-state index in [9.17, 15) is 8.78 Å². The van der Waals surface area contributed by atoms with E-state index in [0.717, 1.165) is 18.6 Å². The lowest BCUT2D eigenvalue weighted by Crippen LogP contribution is -2.38. The Balaban J connectivity index is 2.73. The summed E-state index contributed by atoms with van der Waals surface area (Å²) in [6.45, 7) is 4.12. The van der Waals surface area contributed by atoms with Crippen LogP contribution in [0.25, 0.3) is 0 Å². The van der Waals surface area contributed by atoms with Gasteiger partial charge in [-0.05, 0) is 42.5 Å². The zero-order valence-electron chi connectivity index (χ0n) is 9.63. The van der Waals surface area contributed by atoms with Gasteiger partial charge in [-0.25, -0.2) is 8.78 Å². The SMILES string of the molecule is CC(C)CC(Cc1cc(F)ccc1F)NN. The molecule has 0 saturated carbocycles. The molecule has 1 rings (SSSR count). The van der Waals surface area contributed by atoms with Crippen molar-refractivity contribution in [2.75, 3.05) is 0 Å². The standard InChI is InChI=1S/C12H18F2N2/c1-8(2)5-11(16-15)7-9-6-10(13)3-4-12(9)14/h3-4,6,8,11,16H,5,7,15H2,1-2H3. The Labute approximate surface area is 94.8 Å². The second-order valence-corrected chi connectivity index (χ2v) is 4.43. The molecule has 0 fully saturated rings. The average Bonchev–Trinajstić information content (AvgIpc) is 2.21. The predicted octanol–water partition coefficient (Wildman–Crippen LogP) is 2.39. The van der Waals surface area contributed by atoms with E-state index in [1.165, 1.54) is 6.07 Å². The molecule has 16 heavy (non-hydrogen) atoms. The molecule has 1 atom stereocenters. The van der Waals surface area contributed by atoms with Crippen LogP contribution in [0.3, 0.4) is 0 Å². The van der Waals surface area contributed by atoms with E-state index >= 15 is 0 Å². The zero-order valence-corrected chi connectivity index (χ0v) is 9.63. The minimum atomic E-state index is -0.420. The number of nitrogens with one attached hydrogen (secondary N) is 1. The van der Waals surface area contributed by atoms with Gasteiger partial charge < -0.3 is 0 Å². The molecule has 4 heteroatoms. The van der Waals surface area contributed by atoms with Crippen LogP contribution in [0.15, 0.2) is 18.2 Å². The van der Waals surface area contributed by atoms with Gasteiger partial charge >= 0.3 is 0 Å². The maximum atomic E-state index is 13.4. The number of rotatable bonds is 5. The van der Waals surface area contributed by atoms with Crippen molar-refractivity contribution in [3.05, 3.63) is 35.4 Å². The Bertz CT molecular complexity index is 340. The highest BCUT2D eigenvalue weighted by Gasteiger charge is 2.13. The van der Waals surface area contributed by atoms with Crippen LogP contribution in [0, 0.1) is 17.6 Å². The first-order valence-electron chi connectivity index (χ1n) is 5.43. The Morgan fingerprint density at radius 2 is 2.00 bits per heavy atom. The predicted molar refractivity (Wildman–Crippen MR) is 60.6 cm³/mol. The summed E-state index contributed by atoms with van der Waals surface area (Å²) >= 11 is 0. The van der Waals surface area contributed by atoms with Gasteiger partial charge in [0.05, 0.1) is 0 Å². The Hall–Kier alpha value is -1.00. The highest BCUT2D eigenvalue weighted by molar-refractivity contribution is 5.19. The van der Waals surface area contributed by atoms with Crippen molar-refractivity contribution in [3.63, 3.8) is 0 Å². The second-order valence-electron chi connectivity index (χ2n) is 4.43. The molecule has 1 aromatic carbocycles. The number of halogens is 2. The summed E-state index contributed by atoms with van der Waals surface area (Å²) in [7, 11) is 0. The van der Waals surface area contributed by atoms with Gasteiger partial charge in [-0.3, -0.25) is 11.3 Å². The molecule has 90 valence electrons. The van der Waals surface area contributed by atoms with Crippen molar-refractivity contribution >= 4 is 0 Å². The number of nitrogens with two attached hydrogens (primary N) is 1. The third kappa shape index (κ3) is 3.87. The fourth-order valence-corrected chi connectivity index (χ4v) is 1.74. The fraction of sp³-hybridized carbons (Fsp3) is 0.500. The monoisotopic (exact) mass is 228 g/mol. The highest BCUT2D eigenvalue weighted by atomic mass is 19.1. The van der Waals surface area contributed by atoms with Crippen molar-refractivity contribution in [1.29, 1.82) is 0 Å². The molecule has 0 amide bonds. The lowest BCUT2D eigenvalue weighted by atomic mass is 9.97. The normalized spacial score (nSPS) is 13.1. The third-order valence-electron chi connectivity index (χ3n) is 2.47. The molecule has 0 aliphatic heterocycles. The second kappa shape index (κ2) is 5.92. The van der Waals surface area contributed by atoms with Crippen LogP contribution in [0.1, 0.15) is 25.8 Å². The molecule has 2 nitrogen and oxygen atoms in total. The largest absolute Gasteiger partial charge is 0.271 e. The maximum Gasteiger partial charge on any atom is 0.126 e. The molecular formula is C12H18F2N2. The van der Waals surface area contributed by atoms with Crippen LogP contribution in [0.4, 0.5) is 8.78 Å². The fourth-order valence-electron chi connectivity index (χ4n) is 1.74. The van der Waals surface area contributed by atoms with Gasteiger partial charge in [-0.15, -0.1) is 0 Å². The molecule has 0 aliphatic rings. The van der Waals surface area contributed by atoms with Crippen LogP contribution in [0.5, 0.6) is 0 Å². The number of hydrogen-bond donors (Lipinski definition) is 2. The van der Waals surface area contributed by atoms with Crippen LogP contribution >= 0.6 is 0 Å². The lowest BCUT2D eigenvalue weighted by Gasteiger charge is -2.18. The van der Waals surface area contributed by atoms with Gasteiger partial charge in [0, 0.05) is 6.04 Å². The smallest absolute Gasteiger partial charge is 0.126 e. The van der Waals surface area contributed by atoms with Gasteiger partial charge in [-0.1, -0.05) is 13.8 Å². The lowest BCUT2D eigenvalue weighted by molar-refractivity contribution is 0.417. The van der Waals surface area contributed by atoms with Gasteiger partial charge in [0.2, 0.25) is 0 Å². The van der Waals surface area contributed by atoms with Crippen molar-refractivity contribution in [3.8, 4) is 0 Å². The molecule has 0 saturated heterocycles. The minimum Gasteiger partial charge on any atom is -0.271 e.